The van der Waals surface area contributed by atoms with Crippen LogP contribution in [-0.4, -0.2) is 14.2 Å². The number of hydrogen-bond acceptors (Lipinski definition) is 4. The summed E-state index contributed by atoms with van der Waals surface area (Å²) >= 11 is 5.88. The van der Waals surface area contributed by atoms with Crippen LogP contribution < -0.4 is 5.32 Å². The van der Waals surface area contributed by atoms with Gasteiger partial charge in [0.2, 0.25) is 0 Å². The minimum absolute atomic E-state index is 0.602. The summed E-state index contributed by atoms with van der Waals surface area (Å²) in [6.07, 6.45) is 0. The molecule has 112 valence electrons. The van der Waals surface area contributed by atoms with Crippen LogP contribution in [0.2, 0.25) is 5.02 Å². The number of hydrogen-bond donors (Lipinski definition) is 1. The van der Waals surface area contributed by atoms with Crippen molar-refractivity contribution in [3.8, 4) is 0 Å². The summed E-state index contributed by atoms with van der Waals surface area (Å²) in [5.41, 5.74) is 1.60. The molecular weight excluding hydrogens is 309 g/mol. The van der Waals surface area contributed by atoms with Crippen molar-refractivity contribution in [1.29, 1.82) is 0 Å². The molecule has 0 saturated heterocycles. The zero-order valence-corrected chi connectivity index (χ0v) is 13.5. The van der Waals surface area contributed by atoms with Gasteiger partial charge in [-0.25, -0.2) is 0 Å². The number of anilines is 1. The Balaban J connectivity index is 2.37. The highest BCUT2D eigenvalue weighted by molar-refractivity contribution is 7.54. The second-order valence-electron chi connectivity index (χ2n) is 4.37. The maximum atomic E-state index is 12.8. The summed E-state index contributed by atoms with van der Waals surface area (Å²) in [6.45, 7) is 0. The van der Waals surface area contributed by atoms with E-state index in [-0.39, 0.29) is 0 Å². The van der Waals surface area contributed by atoms with Gasteiger partial charge in [-0.05, 0) is 29.8 Å². The molecule has 0 aliphatic rings. The van der Waals surface area contributed by atoms with Crippen molar-refractivity contribution in [2.24, 2.45) is 0 Å². The number of rotatable bonds is 6. The van der Waals surface area contributed by atoms with Crippen LogP contribution in [0.15, 0.2) is 54.6 Å². The molecule has 4 nitrogen and oxygen atoms in total. The molecule has 0 aliphatic carbocycles. The van der Waals surface area contributed by atoms with E-state index in [9.17, 15) is 4.57 Å². The zero-order chi connectivity index (χ0) is 15.3. The van der Waals surface area contributed by atoms with Crippen LogP contribution in [0.3, 0.4) is 0 Å². The van der Waals surface area contributed by atoms with E-state index < -0.39 is 13.4 Å². The molecule has 2 aromatic carbocycles. The summed E-state index contributed by atoms with van der Waals surface area (Å²) in [5.74, 6) is -0.602. The standard InChI is InChI=1S/C15H17ClNO3P/c1-19-21(18,20-2)15(12-6-4-3-5-7-12)17-14-10-8-13(16)9-11-14/h3-11,15,17H,1-2H3. The number of nitrogens with one attached hydrogen (secondary N) is 1. The van der Waals surface area contributed by atoms with Gasteiger partial charge in [0.05, 0.1) is 0 Å². The molecule has 0 saturated carbocycles. The van der Waals surface area contributed by atoms with E-state index in [1.54, 1.807) is 12.1 Å². The third-order valence-electron chi connectivity index (χ3n) is 3.09. The van der Waals surface area contributed by atoms with Crippen LogP contribution in [0.4, 0.5) is 5.69 Å². The summed E-state index contributed by atoms with van der Waals surface area (Å²) < 4.78 is 23.1. The van der Waals surface area contributed by atoms with Crippen molar-refractivity contribution in [2.75, 3.05) is 19.5 Å². The first kappa shape index (κ1) is 16.1. The van der Waals surface area contributed by atoms with Crippen LogP contribution in [0.5, 0.6) is 0 Å². The van der Waals surface area contributed by atoms with Crippen molar-refractivity contribution in [2.45, 2.75) is 5.78 Å². The quantitative estimate of drug-likeness (QED) is 0.764. The molecule has 2 aromatic rings. The predicted molar refractivity (Wildman–Crippen MR) is 85.9 cm³/mol. The fraction of sp³-hybridized carbons (Fsp3) is 0.200. The van der Waals surface area contributed by atoms with Gasteiger partial charge >= 0.3 is 7.60 Å². The third-order valence-corrected chi connectivity index (χ3v) is 5.42. The van der Waals surface area contributed by atoms with Gasteiger partial charge in [0, 0.05) is 24.9 Å². The molecular formula is C15H17ClNO3P. The van der Waals surface area contributed by atoms with Crippen LogP contribution >= 0.6 is 19.2 Å². The Bertz CT molecular complexity index is 611. The lowest BCUT2D eigenvalue weighted by Crippen LogP contribution is -2.13. The second kappa shape index (κ2) is 7.10. The lowest BCUT2D eigenvalue weighted by atomic mass is 10.2. The molecule has 0 amide bonds. The maximum Gasteiger partial charge on any atom is 0.356 e. The number of halogens is 1. The Labute approximate surface area is 129 Å². The predicted octanol–water partition coefficient (Wildman–Crippen LogP) is 4.94. The Morgan fingerprint density at radius 1 is 1.00 bits per heavy atom. The van der Waals surface area contributed by atoms with E-state index in [1.165, 1.54) is 14.2 Å². The average Bonchev–Trinajstić information content (AvgIpc) is 2.54. The molecule has 0 spiro atoms. The minimum atomic E-state index is -3.33. The fourth-order valence-electron chi connectivity index (χ4n) is 1.97. The normalized spacial score (nSPS) is 12.9. The van der Waals surface area contributed by atoms with Crippen LogP contribution in [0.1, 0.15) is 11.3 Å². The van der Waals surface area contributed by atoms with Gasteiger partial charge in [-0.1, -0.05) is 41.9 Å². The van der Waals surface area contributed by atoms with Gasteiger partial charge in [-0.15, -0.1) is 0 Å². The molecule has 1 N–H and O–H groups in total. The summed E-state index contributed by atoms with van der Waals surface area (Å²) in [5, 5.41) is 3.83. The monoisotopic (exact) mass is 325 g/mol. The van der Waals surface area contributed by atoms with Crippen molar-refractivity contribution in [1.82, 2.24) is 0 Å². The maximum absolute atomic E-state index is 12.8. The Hall–Kier alpha value is -1.32. The van der Waals surface area contributed by atoms with E-state index in [2.05, 4.69) is 5.32 Å². The Morgan fingerprint density at radius 2 is 1.57 bits per heavy atom. The highest BCUT2D eigenvalue weighted by Crippen LogP contribution is 2.59. The lowest BCUT2D eigenvalue weighted by molar-refractivity contribution is 0.268. The van der Waals surface area contributed by atoms with Gasteiger partial charge in [0.15, 0.2) is 5.78 Å². The zero-order valence-electron chi connectivity index (χ0n) is 11.8. The molecule has 0 heterocycles. The smallest absolute Gasteiger partial charge is 0.356 e. The first-order valence-electron chi connectivity index (χ1n) is 6.37. The molecule has 0 bridgehead atoms. The van der Waals surface area contributed by atoms with Gasteiger partial charge in [-0.3, -0.25) is 4.57 Å². The number of benzene rings is 2. The SMILES string of the molecule is COP(=O)(OC)C(Nc1ccc(Cl)cc1)c1ccccc1. The summed E-state index contributed by atoms with van der Waals surface area (Å²) in [6, 6.07) is 16.5. The summed E-state index contributed by atoms with van der Waals surface area (Å²) in [4.78, 5) is 0. The first-order valence-corrected chi connectivity index (χ1v) is 8.36. The highest BCUT2D eigenvalue weighted by Gasteiger charge is 2.35. The van der Waals surface area contributed by atoms with Crippen LogP contribution in [-0.2, 0) is 13.6 Å². The average molecular weight is 326 g/mol. The van der Waals surface area contributed by atoms with E-state index in [0.717, 1.165) is 11.3 Å². The third kappa shape index (κ3) is 3.86. The largest absolute Gasteiger partial charge is 0.368 e. The minimum Gasteiger partial charge on any atom is -0.368 e. The fourth-order valence-corrected chi connectivity index (χ4v) is 3.51. The molecule has 0 aromatic heterocycles. The summed E-state index contributed by atoms with van der Waals surface area (Å²) in [7, 11) is -0.577. The van der Waals surface area contributed by atoms with E-state index in [1.807, 2.05) is 42.5 Å². The van der Waals surface area contributed by atoms with Gasteiger partial charge in [0.1, 0.15) is 0 Å². The topological polar surface area (TPSA) is 47.6 Å². The van der Waals surface area contributed by atoms with E-state index >= 15 is 0 Å². The molecule has 0 fully saturated rings. The van der Waals surface area contributed by atoms with Crippen molar-refractivity contribution in [3.05, 3.63) is 65.2 Å². The van der Waals surface area contributed by atoms with Crippen molar-refractivity contribution >= 4 is 24.9 Å². The Morgan fingerprint density at radius 3 is 2.10 bits per heavy atom. The van der Waals surface area contributed by atoms with Gasteiger partial charge < -0.3 is 14.4 Å². The first-order chi connectivity index (χ1) is 10.1. The molecule has 6 heteroatoms. The van der Waals surface area contributed by atoms with Gasteiger partial charge in [0.25, 0.3) is 0 Å². The Kier molecular flexibility index (Phi) is 5.43. The molecule has 1 atom stereocenters. The van der Waals surface area contributed by atoms with Crippen LogP contribution in [0.25, 0.3) is 0 Å². The van der Waals surface area contributed by atoms with Crippen LogP contribution in [0, 0.1) is 0 Å². The van der Waals surface area contributed by atoms with Crippen molar-refractivity contribution in [3.63, 3.8) is 0 Å². The second-order valence-corrected chi connectivity index (χ2v) is 7.13. The molecule has 21 heavy (non-hydrogen) atoms. The van der Waals surface area contributed by atoms with Crippen molar-refractivity contribution < 1.29 is 13.6 Å². The van der Waals surface area contributed by atoms with E-state index in [4.69, 9.17) is 20.6 Å². The van der Waals surface area contributed by atoms with Gasteiger partial charge in [-0.2, -0.15) is 0 Å². The molecule has 1 unspecified atom stereocenters. The van der Waals surface area contributed by atoms with E-state index in [0.29, 0.717) is 5.02 Å². The molecule has 0 aliphatic heterocycles. The molecule has 2 rings (SSSR count). The lowest BCUT2D eigenvalue weighted by Gasteiger charge is -2.26. The highest BCUT2D eigenvalue weighted by atomic mass is 35.5. The molecule has 0 radical (unpaired) electrons.